The first-order valence-corrected chi connectivity index (χ1v) is 4.45. The molecule has 1 N–H and O–H groups in total. The molecule has 4 nitrogen and oxygen atoms in total. The molecule has 0 amide bonds. The van der Waals surface area contributed by atoms with Crippen LogP contribution in [0.2, 0.25) is 0 Å². The molecule has 0 unspecified atom stereocenters. The second-order valence-electron chi connectivity index (χ2n) is 3.16. The van der Waals surface area contributed by atoms with E-state index in [2.05, 4.69) is 25.9 Å². The molecule has 1 rings (SSSR count). The highest BCUT2D eigenvalue weighted by atomic mass is 79.9. The lowest BCUT2D eigenvalue weighted by molar-refractivity contribution is -0.142. The molecule has 5 heteroatoms. The molecule has 0 spiro atoms. The summed E-state index contributed by atoms with van der Waals surface area (Å²) in [4.78, 5) is 18.7. The second-order valence-corrected chi connectivity index (χ2v) is 4.07. The summed E-state index contributed by atoms with van der Waals surface area (Å²) in [5.74, 6) is -0.627. The highest BCUT2D eigenvalue weighted by Gasteiger charge is 2.32. The van der Waals surface area contributed by atoms with Crippen molar-refractivity contribution in [2.24, 2.45) is 0 Å². The van der Waals surface area contributed by atoms with Gasteiger partial charge in [-0.1, -0.05) is 0 Å². The molecule has 1 heterocycles. The predicted molar refractivity (Wildman–Crippen MR) is 50.4 cm³/mol. The van der Waals surface area contributed by atoms with E-state index in [1.165, 1.54) is 12.4 Å². The standard InChI is InChI=1S/C8H9BrN2O2/c1-8(2,7(12)13)6-10-3-5(9)4-11-6/h3-4H,1-2H3,(H,12,13). The molecule has 0 bridgehead atoms. The Morgan fingerprint density at radius 2 is 1.92 bits per heavy atom. The number of halogens is 1. The molecule has 0 fully saturated rings. The molecule has 0 aliphatic rings. The lowest BCUT2D eigenvalue weighted by atomic mass is 9.93. The maximum atomic E-state index is 10.8. The molecule has 0 saturated carbocycles. The Hall–Kier alpha value is -0.970. The number of aliphatic carboxylic acids is 1. The zero-order chi connectivity index (χ0) is 10.1. The van der Waals surface area contributed by atoms with Gasteiger partial charge in [-0.05, 0) is 29.8 Å². The average molecular weight is 245 g/mol. The third-order valence-electron chi connectivity index (χ3n) is 1.71. The topological polar surface area (TPSA) is 63.1 Å². The van der Waals surface area contributed by atoms with E-state index in [0.717, 1.165) is 4.47 Å². The maximum absolute atomic E-state index is 10.8. The number of carbonyl (C=O) groups is 1. The summed E-state index contributed by atoms with van der Waals surface area (Å²) < 4.78 is 0.734. The fourth-order valence-corrected chi connectivity index (χ4v) is 0.935. The van der Waals surface area contributed by atoms with Gasteiger partial charge in [0.15, 0.2) is 0 Å². The quantitative estimate of drug-likeness (QED) is 0.859. The molecule has 0 saturated heterocycles. The SMILES string of the molecule is CC(C)(C(=O)O)c1ncc(Br)cn1. The molecular formula is C8H9BrN2O2. The van der Waals surface area contributed by atoms with Crippen molar-refractivity contribution in [2.75, 3.05) is 0 Å². The Labute approximate surface area is 84.2 Å². The monoisotopic (exact) mass is 244 g/mol. The van der Waals surface area contributed by atoms with E-state index in [9.17, 15) is 4.79 Å². The van der Waals surface area contributed by atoms with Crippen molar-refractivity contribution in [3.05, 3.63) is 22.7 Å². The van der Waals surface area contributed by atoms with Crippen LogP contribution in [0.5, 0.6) is 0 Å². The number of carboxylic acid groups (broad SMARTS) is 1. The molecular weight excluding hydrogens is 236 g/mol. The van der Waals surface area contributed by atoms with Crippen LogP contribution in [0.1, 0.15) is 19.7 Å². The molecule has 1 aromatic heterocycles. The van der Waals surface area contributed by atoms with Crippen LogP contribution in [0.4, 0.5) is 0 Å². The van der Waals surface area contributed by atoms with E-state index >= 15 is 0 Å². The van der Waals surface area contributed by atoms with Crippen molar-refractivity contribution in [1.82, 2.24) is 9.97 Å². The Balaban J connectivity index is 3.08. The molecule has 0 aliphatic carbocycles. The van der Waals surface area contributed by atoms with Crippen molar-refractivity contribution in [3.8, 4) is 0 Å². The summed E-state index contributed by atoms with van der Waals surface area (Å²) in [5.41, 5.74) is -1.04. The van der Waals surface area contributed by atoms with Gasteiger partial charge in [0.1, 0.15) is 11.2 Å². The number of nitrogens with zero attached hydrogens (tertiary/aromatic N) is 2. The number of rotatable bonds is 2. The third-order valence-corrected chi connectivity index (χ3v) is 2.12. The first kappa shape index (κ1) is 10.1. The van der Waals surface area contributed by atoms with Gasteiger partial charge in [-0.25, -0.2) is 9.97 Å². The smallest absolute Gasteiger partial charge is 0.316 e. The van der Waals surface area contributed by atoms with Crippen LogP contribution in [-0.4, -0.2) is 21.0 Å². The van der Waals surface area contributed by atoms with Crippen LogP contribution in [0.15, 0.2) is 16.9 Å². The van der Waals surface area contributed by atoms with E-state index in [4.69, 9.17) is 5.11 Å². The van der Waals surface area contributed by atoms with Gasteiger partial charge in [-0.2, -0.15) is 0 Å². The van der Waals surface area contributed by atoms with Crippen molar-refractivity contribution >= 4 is 21.9 Å². The first-order valence-electron chi connectivity index (χ1n) is 3.66. The van der Waals surface area contributed by atoms with Gasteiger partial charge in [0, 0.05) is 12.4 Å². The Morgan fingerprint density at radius 1 is 1.46 bits per heavy atom. The fraction of sp³-hybridized carbons (Fsp3) is 0.375. The molecule has 0 atom stereocenters. The van der Waals surface area contributed by atoms with Crippen LogP contribution in [0, 0.1) is 0 Å². The Kier molecular flexibility index (Phi) is 2.66. The van der Waals surface area contributed by atoms with E-state index in [1.807, 2.05) is 0 Å². The zero-order valence-corrected chi connectivity index (χ0v) is 8.87. The van der Waals surface area contributed by atoms with Crippen molar-refractivity contribution < 1.29 is 9.90 Å². The molecule has 0 aromatic carbocycles. The minimum absolute atomic E-state index is 0.309. The summed E-state index contributed by atoms with van der Waals surface area (Å²) in [5, 5.41) is 8.87. The minimum Gasteiger partial charge on any atom is -0.481 e. The summed E-state index contributed by atoms with van der Waals surface area (Å²) in [6.07, 6.45) is 3.07. The average Bonchev–Trinajstić information content (AvgIpc) is 2.04. The number of carboxylic acids is 1. The lowest BCUT2D eigenvalue weighted by Gasteiger charge is -2.16. The summed E-state index contributed by atoms with van der Waals surface area (Å²) in [7, 11) is 0. The Bertz CT molecular complexity index is 321. The number of aromatic nitrogens is 2. The van der Waals surface area contributed by atoms with Crippen LogP contribution >= 0.6 is 15.9 Å². The largest absolute Gasteiger partial charge is 0.481 e. The normalized spacial score (nSPS) is 11.3. The van der Waals surface area contributed by atoms with Crippen molar-refractivity contribution in [1.29, 1.82) is 0 Å². The lowest BCUT2D eigenvalue weighted by Crippen LogP contribution is -2.30. The Morgan fingerprint density at radius 3 is 2.31 bits per heavy atom. The first-order chi connectivity index (χ1) is 5.94. The molecule has 0 aliphatic heterocycles. The van der Waals surface area contributed by atoms with E-state index in [1.54, 1.807) is 13.8 Å². The van der Waals surface area contributed by atoms with E-state index in [-0.39, 0.29) is 0 Å². The van der Waals surface area contributed by atoms with E-state index in [0.29, 0.717) is 5.82 Å². The van der Waals surface area contributed by atoms with Crippen LogP contribution in [0.3, 0.4) is 0 Å². The molecule has 0 radical (unpaired) electrons. The van der Waals surface area contributed by atoms with Gasteiger partial charge in [0.25, 0.3) is 0 Å². The third kappa shape index (κ3) is 2.03. The van der Waals surface area contributed by atoms with Gasteiger partial charge in [-0.15, -0.1) is 0 Å². The minimum atomic E-state index is -1.04. The van der Waals surface area contributed by atoms with Gasteiger partial charge in [-0.3, -0.25) is 4.79 Å². The summed E-state index contributed by atoms with van der Waals surface area (Å²) in [6.45, 7) is 3.14. The molecule has 13 heavy (non-hydrogen) atoms. The maximum Gasteiger partial charge on any atom is 0.316 e. The number of hydrogen-bond acceptors (Lipinski definition) is 3. The predicted octanol–water partition coefficient (Wildman–Crippen LogP) is 1.60. The number of hydrogen-bond donors (Lipinski definition) is 1. The molecule has 70 valence electrons. The summed E-state index contributed by atoms with van der Waals surface area (Å²) >= 11 is 3.18. The van der Waals surface area contributed by atoms with Crippen LogP contribution in [-0.2, 0) is 10.2 Å². The van der Waals surface area contributed by atoms with Gasteiger partial charge < -0.3 is 5.11 Å². The van der Waals surface area contributed by atoms with Gasteiger partial charge >= 0.3 is 5.97 Å². The highest BCUT2D eigenvalue weighted by molar-refractivity contribution is 9.10. The second kappa shape index (κ2) is 3.41. The fourth-order valence-electron chi connectivity index (χ4n) is 0.731. The zero-order valence-electron chi connectivity index (χ0n) is 7.28. The molecule has 1 aromatic rings. The highest BCUT2D eigenvalue weighted by Crippen LogP contribution is 2.19. The summed E-state index contributed by atoms with van der Waals surface area (Å²) in [6, 6.07) is 0. The van der Waals surface area contributed by atoms with Gasteiger partial charge in [0.2, 0.25) is 0 Å². The van der Waals surface area contributed by atoms with Crippen LogP contribution < -0.4 is 0 Å². The van der Waals surface area contributed by atoms with Crippen molar-refractivity contribution in [2.45, 2.75) is 19.3 Å². The van der Waals surface area contributed by atoms with Gasteiger partial charge in [0.05, 0.1) is 4.47 Å². The van der Waals surface area contributed by atoms with Crippen LogP contribution in [0.25, 0.3) is 0 Å². The van der Waals surface area contributed by atoms with E-state index < -0.39 is 11.4 Å². The van der Waals surface area contributed by atoms with Crippen molar-refractivity contribution in [3.63, 3.8) is 0 Å².